The molecule has 1 aromatic rings. The maximum absolute atomic E-state index is 11.8. The first-order valence-corrected chi connectivity index (χ1v) is 7.83. The molecule has 0 saturated heterocycles. The molecular formula is C16H22ClNO3. The second kappa shape index (κ2) is 7.66. The lowest BCUT2D eigenvalue weighted by Gasteiger charge is -2.26. The van der Waals surface area contributed by atoms with Crippen molar-refractivity contribution in [2.45, 2.75) is 44.1 Å². The summed E-state index contributed by atoms with van der Waals surface area (Å²) in [5.74, 6) is 0.380. The van der Waals surface area contributed by atoms with Crippen molar-refractivity contribution >= 4 is 17.5 Å². The SMILES string of the molecule is O=C(COc1ccc(Cl)cc1)NCC1(O)CCCCCC1. The Morgan fingerprint density at radius 1 is 1.19 bits per heavy atom. The Kier molecular flexibility index (Phi) is 5.88. The number of amides is 1. The van der Waals surface area contributed by atoms with Crippen LogP contribution in [0.4, 0.5) is 0 Å². The number of carbonyl (C=O) groups excluding carboxylic acids is 1. The Morgan fingerprint density at radius 2 is 1.81 bits per heavy atom. The summed E-state index contributed by atoms with van der Waals surface area (Å²) in [6, 6.07) is 6.86. The summed E-state index contributed by atoms with van der Waals surface area (Å²) < 4.78 is 5.37. The average molecular weight is 312 g/mol. The topological polar surface area (TPSA) is 58.6 Å². The molecule has 0 bridgehead atoms. The van der Waals surface area contributed by atoms with E-state index in [2.05, 4.69) is 5.32 Å². The van der Waals surface area contributed by atoms with Crippen LogP contribution in [0.15, 0.2) is 24.3 Å². The van der Waals surface area contributed by atoms with Crippen LogP contribution in [0.5, 0.6) is 5.75 Å². The highest BCUT2D eigenvalue weighted by molar-refractivity contribution is 6.30. The van der Waals surface area contributed by atoms with Gasteiger partial charge in [0.15, 0.2) is 6.61 Å². The van der Waals surface area contributed by atoms with E-state index in [1.807, 2.05) is 0 Å². The second-order valence-electron chi connectivity index (χ2n) is 5.66. The van der Waals surface area contributed by atoms with Gasteiger partial charge in [0.25, 0.3) is 5.91 Å². The van der Waals surface area contributed by atoms with Crippen LogP contribution < -0.4 is 10.1 Å². The van der Waals surface area contributed by atoms with E-state index in [1.165, 1.54) is 0 Å². The number of nitrogens with one attached hydrogen (secondary N) is 1. The quantitative estimate of drug-likeness (QED) is 0.822. The van der Waals surface area contributed by atoms with Crippen molar-refractivity contribution in [3.05, 3.63) is 29.3 Å². The van der Waals surface area contributed by atoms with Crippen molar-refractivity contribution in [1.29, 1.82) is 0 Å². The molecule has 116 valence electrons. The number of ether oxygens (including phenoxy) is 1. The third kappa shape index (κ3) is 5.56. The highest BCUT2D eigenvalue weighted by Crippen LogP contribution is 2.26. The van der Waals surface area contributed by atoms with Crippen molar-refractivity contribution in [3.63, 3.8) is 0 Å². The number of halogens is 1. The first kappa shape index (κ1) is 16.1. The number of carbonyl (C=O) groups is 1. The molecule has 0 unspecified atom stereocenters. The lowest BCUT2D eigenvalue weighted by atomic mass is 9.94. The van der Waals surface area contributed by atoms with E-state index in [9.17, 15) is 9.90 Å². The van der Waals surface area contributed by atoms with Crippen molar-refractivity contribution in [2.75, 3.05) is 13.2 Å². The first-order chi connectivity index (χ1) is 10.1. The van der Waals surface area contributed by atoms with Crippen molar-refractivity contribution in [1.82, 2.24) is 5.32 Å². The lowest BCUT2D eigenvalue weighted by molar-refractivity contribution is -0.124. The molecule has 0 aliphatic heterocycles. The van der Waals surface area contributed by atoms with Crippen LogP contribution >= 0.6 is 11.6 Å². The Balaban J connectivity index is 1.72. The van der Waals surface area contributed by atoms with E-state index in [1.54, 1.807) is 24.3 Å². The molecular weight excluding hydrogens is 290 g/mol. The van der Waals surface area contributed by atoms with E-state index in [4.69, 9.17) is 16.3 Å². The van der Waals surface area contributed by atoms with Gasteiger partial charge in [0.2, 0.25) is 0 Å². The zero-order valence-electron chi connectivity index (χ0n) is 12.1. The predicted molar refractivity (Wildman–Crippen MR) is 82.6 cm³/mol. The molecule has 21 heavy (non-hydrogen) atoms. The highest BCUT2D eigenvalue weighted by atomic mass is 35.5. The summed E-state index contributed by atoms with van der Waals surface area (Å²) in [6.45, 7) is 0.244. The van der Waals surface area contributed by atoms with Crippen molar-refractivity contribution < 1.29 is 14.6 Å². The number of benzene rings is 1. The van der Waals surface area contributed by atoms with E-state index in [0.29, 0.717) is 17.3 Å². The monoisotopic (exact) mass is 311 g/mol. The maximum Gasteiger partial charge on any atom is 0.258 e. The molecule has 0 atom stereocenters. The number of hydrogen-bond acceptors (Lipinski definition) is 3. The molecule has 1 aromatic carbocycles. The van der Waals surface area contributed by atoms with Gasteiger partial charge in [-0.25, -0.2) is 0 Å². The van der Waals surface area contributed by atoms with Crippen LogP contribution in [0.1, 0.15) is 38.5 Å². The predicted octanol–water partition coefficient (Wildman–Crippen LogP) is 2.92. The molecule has 1 saturated carbocycles. The fourth-order valence-corrected chi connectivity index (χ4v) is 2.68. The standard InChI is InChI=1S/C16H22ClNO3/c17-13-5-7-14(8-6-13)21-11-15(19)18-12-16(20)9-3-1-2-4-10-16/h5-8,20H,1-4,9-12H2,(H,18,19). The molecule has 2 N–H and O–H groups in total. The van der Waals surface area contributed by atoms with Crippen LogP contribution in [0.2, 0.25) is 5.02 Å². The molecule has 0 radical (unpaired) electrons. The van der Waals surface area contributed by atoms with Gasteiger partial charge in [-0.05, 0) is 37.1 Å². The van der Waals surface area contributed by atoms with E-state index in [0.717, 1.165) is 38.5 Å². The van der Waals surface area contributed by atoms with E-state index in [-0.39, 0.29) is 12.5 Å². The molecule has 0 spiro atoms. The van der Waals surface area contributed by atoms with Crippen molar-refractivity contribution in [3.8, 4) is 5.75 Å². The molecule has 0 heterocycles. The minimum atomic E-state index is -0.758. The summed E-state index contributed by atoms with van der Waals surface area (Å²) in [7, 11) is 0. The first-order valence-electron chi connectivity index (χ1n) is 7.45. The zero-order chi connectivity index (χ0) is 15.1. The minimum absolute atomic E-state index is 0.0578. The van der Waals surface area contributed by atoms with Crippen LogP contribution in [-0.2, 0) is 4.79 Å². The van der Waals surface area contributed by atoms with Gasteiger partial charge in [0.1, 0.15) is 5.75 Å². The van der Waals surface area contributed by atoms with E-state index < -0.39 is 5.60 Å². The maximum atomic E-state index is 11.8. The van der Waals surface area contributed by atoms with Crippen molar-refractivity contribution in [2.24, 2.45) is 0 Å². The van der Waals surface area contributed by atoms with Gasteiger partial charge in [0.05, 0.1) is 5.60 Å². The number of aliphatic hydroxyl groups is 1. The molecule has 5 heteroatoms. The Hall–Kier alpha value is -1.26. The van der Waals surface area contributed by atoms with Gasteiger partial charge < -0.3 is 15.2 Å². The molecule has 1 fully saturated rings. The largest absolute Gasteiger partial charge is 0.484 e. The minimum Gasteiger partial charge on any atom is -0.484 e. The fourth-order valence-electron chi connectivity index (χ4n) is 2.56. The Morgan fingerprint density at radius 3 is 2.43 bits per heavy atom. The second-order valence-corrected chi connectivity index (χ2v) is 6.09. The van der Waals surface area contributed by atoms with Gasteiger partial charge in [-0.15, -0.1) is 0 Å². The van der Waals surface area contributed by atoms with Gasteiger partial charge in [-0.1, -0.05) is 37.3 Å². The van der Waals surface area contributed by atoms with Crippen LogP contribution in [-0.4, -0.2) is 29.8 Å². The smallest absolute Gasteiger partial charge is 0.258 e. The van der Waals surface area contributed by atoms with Crippen LogP contribution in [0.25, 0.3) is 0 Å². The molecule has 1 amide bonds. The van der Waals surface area contributed by atoms with Crippen LogP contribution in [0, 0.1) is 0 Å². The summed E-state index contributed by atoms with van der Waals surface area (Å²) >= 11 is 5.78. The van der Waals surface area contributed by atoms with Gasteiger partial charge in [-0.2, -0.15) is 0 Å². The summed E-state index contributed by atoms with van der Waals surface area (Å²) in [5, 5.41) is 13.8. The van der Waals surface area contributed by atoms with E-state index >= 15 is 0 Å². The molecule has 1 aliphatic rings. The lowest BCUT2D eigenvalue weighted by Crippen LogP contribution is -2.44. The third-order valence-corrected chi connectivity index (χ3v) is 4.08. The van der Waals surface area contributed by atoms with Crippen LogP contribution in [0.3, 0.4) is 0 Å². The Labute approximate surface area is 130 Å². The molecule has 2 rings (SSSR count). The number of rotatable bonds is 5. The summed E-state index contributed by atoms with van der Waals surface area (Å²) in [6.07, 6.45) is 5.88. The fraction of sp³-hybridized carbons (Fsp3) is 0.562. The summed E-state index contributed by atoms with van der Waals surface area (Å²) in [4.78, 5) is 11.8. The van der Waals surface area contributed by atoms with Gasteiger partial charge >= 0.3 is 0 Å². The molecule has 4 nitrogen and oxygen atoms in total. The van der Waals surface area contributed by atoms with Gasteiger partial charge in [0, 0.05) is 11.6 Å². The summed E-state index contributed by atoms with van der Waals surface area (Å²) in [5.41, 5.74) is -0.758. The normalized spacial score (nSPS) is 17.8. The highest BCUT2D eigenvalue weighted by Gasteiger charge is 2.28. The number of hydrogen-bond donors (Lipinski definition) is 2. The third-order valence-electron chi connectivity index (χ3n) is 3.83. The van der Waals surface area contributed by atoms with Gasteiger partial charge in [-0.3, -0.25) is 4.79 Å². The zero-order valence-corrected chi connectivity index (χ0v) is 12.9. The molecule has 1 aliphatic carbocycles. The Bertz CT molecular complexity index is 453. The average Bonchev–Trinajstić information content (AvgIpc) is 2.70. The molecule has 0 aromatic heterocycles.